The van der Waals surface area contributed by atoms with Gasteiger partial charge in [0.1, 0.15) is 0 Å². The van der Waals surface area contributed by atoms with Crippen LogP contribution in [0.1, 0.15) is 43.1 Å². The van der Waals surface area contributed by atoms with Crippen LogP contribution in [0.3, 0.4) is 0 Å². The van der Waals surface area contributed by atoms with E-state index in [1.165, 1.54) is 0 Å². The molecule has 3 nitrogen and oxygen atoms in total. The van der Waals surface area contributed by atoms with Gasteiger partial charge >= 0.3 is 0 Å². The zero-order valence-corrected chi connectivity index (χ0v) is 12.1. The number of nitrogens with one attached hydrogen (secondary N) is 2. The molecule has 1 aromatic carbocycles. The highest BCUT2D eigenvalue weighted by molar-refractivity contribution is 5.96. The first-order chi connectivity index (χ1) is 8.98. The Morgan fingerprint density at radius 3 is 2.74 bits per heavy atom. The Balaban J connectivity index is 2.06. The predicted octanol–water partition coefficient (Wildman–Crippen LogP) is 2.32. The highest BCUT2D eigenvalue weighted by Gasteiger charge is 2.22. The molecule has 19 heavy (non-hydrogen) atoms. The second-order valence-corrected chi connectivity index (χ2v) is 6.36. The van der Waals surface area contributed by atoms with Crippen LogP contribution in [0, 0.1) is 5.92 Å². The molecule has 1 unspecified atom stereocenters. The third-order valence-electron chi connectivity index (χ3n) is 3.69. The van der Waals surface area contributed by atoms with Gasteiger partial charge in [-0.05, 0) is 42.5 Å². The van der Waals surface area contributed by atoms with Gasteiger partial charge in [0.2, 0.25) is 0 Å². The number of rotatable bonds is 3. The summed E-state index contributed by atoms with van der Waals surface area (Å²) in [6.45, 7) is 9.27. The third kappa shape index (κ3) is 3.57. The van der Waals surface area contributed by atoms with Gasteiger partial charge in [-0.15, -0.1) is 0 Å². The molecule has 0 radical (unpaired) electrons. The maximum absolute atomic E-state index is 12.3. The van der Waals surface area contributed by atoms with Crippen molar-refractivity contribution >= 4 is 5.91 Å². The molecule has 1 saturated heterocycles. The molecule has 0 aromatic heterocycles. The minimum Gasteiger partial charge on any atom is -0.352 e. The number of benzene rings is 1. The van der Waals surface area contributed by atoms with Gasteiger partial charge in [0.25, 0.3) is 5.91 Å². The Labute approximate surface area is 115 Å². The molecule has 0 spiro atoms. The molecule has 0 bridgehead atoms. The Bertz CT molecular complexity index is 442. The van der Waals surface area contributed by atoms with Crippen molar-refractivity contribution in [1.29, 1.82) is 0 Å². The lowest BCUT2D eigenvalue weighted by Crippen LogP contribution is -2.32. The van der Waals surface area contributed by atoms with Crippen molar-refractivity contribution in [2.45, 2.75) is 32.6 Å². The summed E-state index contributed by atoms with van der Waals surface area (Å²) in [7, 11) is 0. The molecule has 1 aliphatic heterocycles. The summed E-state index contributed by atoms with van der Waals surface area (Å²) < 4.78 is 0. The first-order valence-corrected chi connectivity index (χ1v) is 7.07. The fourth-order valence-corrected chi connectivity index (χ4v) is 2.56. The van der Waals surface area contributed by atoms with Crippen molar-refractivity contribution in [3.63, 3.8) is 0 Å². The highest BCUT2D eigenvalue weighted by atomic mass is 16.1. The largest absolute Gasteiger partial charge is 0.352 e. The van der Waals surface area contributed by atoms with Gasteiger partial charge in [0.15, 0.2) is 0 Å². The molecule has 2 N–H and O–H groups in total. The second kappa shape index (κ2) is 5.74. The number of hydrogen-bond donors (Lipinski definition) is 2. The summed E-state index contributed by atoms with van der Waals surface area (Å²) in [6.07, 6.45) is 1.15. The second-order valence-electron chi connectivity index (χ2n) is 6.36. The molecule has 0 saturated carbocycles. The van der Waals surface area contributed by atoms with E-state index >= 15 is 0 Å². The smallest absolute Gasteiger partial charge is 0.251 e. The number of hydrogen-bond acceptors (Lipinski definition) is 2. The molecule has 3 heteroatoms. The molecule has 1 aromatic rings. The van der Waals surface area contributed by atoms with Gasteiger partial charge in [0, 0.05) is 12.1 Å². The number of carbonyl (C=O) groups excluding carboxylic acids is 1. The first-order valence-electron chi connectivity index (χ1n) is 7.07. The van der Waals surface area contributed by atoms with Crippen molar-refractivity contribution < 1.29 is 4.79 Å². The Hall–Kier alpha value is -1.35. The molecular formula is C16H24N2O. The van der Waals surface area contributed by atoms with E-state index in [-0.39, 0.29) is 11.3 Å². The fourth-order valence-electron chi connectivity index (χ4n) is 2.56. The zero-order chi connectivity index (χ0) is 13.9. The van der Waals surface area contributed by atoms with E-state index in [4.69, 9.17) is 0 Å². The predicted molar refractivity (Wildman–Crippen MR) is 78.5 cm³/mol. The quantitative estimate of drug-likeness (QED) is 0.875. The molecule has 104 valence electrons. The summed E-state index contributed by atoms with van der Waals surface area (Å²) in [6, 6.07) is 7.90. The van der Waals surface area contributed by atoms with E-state index in [0.29, 0.717) is 5.92 Å². The zero-order valence-electron chi connectivity index (χ0n) is 12.1. The minimum absolute atomic E-state index is 0.0111. The Morgan fingerprint density at radius 1 is 1.37 bits per heavy atom. The first kappa shape index (κ1) is 14.1. The van der Waals surface area contributed by atoms with E-state index in [2.05, 4.69) is 31.4 Å². The van der Waals surface area contributed by atoms with Gasteiger partial charge in [-0.2, -0.15) is 0 Å². The lowest BCUT2D eigenvalue weighted by Gasteiger charge is -2.22. The number of amides is 1. The van der Waals surface area contributed by atoms with E-state index in [0.717, 1.165) is 37.2 Å². The molecular weight excluding hydrogens is 236 g/mol. The molecule has 1 heterocycles. The van der Waals surface area contributed by atoms with Gasteiger partial charge in [0.05, 0.1) is 0 Å². The van der Waals surface area contributed by atoms with Crippen LogP contribution in [0.25, 0.3) is 0 Å². The number of carbonyl (C=O) groups is 1. The summed E-state index contributed by atoms with van der Waals surface area (Å²) in [5.74, 6) is 0.628. The van der Waals surface area contributed by atoms with Crippen molar-refractivity contribution in [3.8, 4) is 0 Å². The standard InChI is InChI=1S/C16H24N2O/c1-16(2,3)14-7-5-4-6-13(14)15(19)18-11-12-8-9-17-10-12/h4-7,12,17H,8-11H2,1-3H3,(H,18,19). The van der Waals surface area contributed by atoms with Gasteiger partial charge in [-0.25, -0.2) is 0 Å². The van der Waals surface area contributed by atoms with Crippen molar-refractivity contribution in [2.75, 3.05) is 19.6 Å². The van der Waals surface area contributed by atoms with E-state index in [1.807, 2.05) is 24.3 Å². The average molecular weight is 260 g/mol. The van der Waals surface area contributed by atoms with E-state index in [1.54, 1.807) is 0 Å². The molecule has 0 aliphatic carbocycles. The van der Waals surface area contributed by atoms with Crippen LogP contribution in [0.2, 0.25) is 0 Å². The van der Waals surface area contributed by atoms with Crippen LogP contribution in [-0.2, 0) is 5.41 Å². The van der Waals surface area contributed by atoms with Gasteiger partial charge < -0.3 is 10.6 Å². The average Bonchev–Trinajstić information content (AvgIpc) is 2.88. The van der Waals surface area contributed by atoms with Crippen LogP contribution in [-0.4, -0.2) is 25.5 Å². The van der Waals surface area contributed by atoms with E-state index < -0.39 is 0 Å². The van der Waals surface area contributed by atoms with Crippen molar-refractivity contribution in [3.05, 3.63) is 35.4 Å². The normalized spacial score (nSPS) is 19.4. The molecule has 1 atom stereocenters. The third-order valence-corrected chi connectivity index (χ3v) is 3.69. The fraction of sp³-hybridized carbons (Fsp3) is 0.562. The van der Waals surface area contributed by atoms with E-state index in [9.17, 15) is 4.79 Å². The summed E-state index contributed by atoms with van der Waals surface area (Å²) in [5.41, 5.74) is 1.90. The highest BCUT2D eigenvalue weighted by Crippen LogP contribution is 2.25. The lowest BCUT2D eigenvalue weighted by atomic mass is 9.83. The van der Waals surface area contributed by atoms with Crippen LogP contribution in [0.4, 0.5) is 0 Å². The maximum Gasteiger partial charge on any atom is 0.251 e. The van der Waals surface area contributed by atoms with Crippen LogP contribution >= 0.6 is 0 Å². The van der Waals surface area contributed by atoms with Gasteiger partial charge in [-0.3, -0.25) is 4.79 Å². The topological polar surface area (TPSA) is 41.1 Å². The van der Waals surface area contributed by atoms with Gasteiger partial charge in [-0.1, -0.05) is 39.0 Å². The summed E-state index contributed by atoms with van der Waals surface area (Å²) in [5, 5.41) is 6.39. The molecule has 1 aliphatic rings. The monoisotopic (exact) mass is 260 g/mol. The SMILES string of the molecule is CC(C)(C)c1ccccc1C(=O)NCC1CCNC1. The Kier molecular flexibility index (Phi) is 4.25. The van der Waals surface area contributed by atoms with Crippen LogP contribution in [0.5, 0.6) is 0 Å². The minimum atomic E-state index is -0.0111. The van der Waals surface area contributed by atoms with Crippen LogP contribution in [0.15, 0.2) is 24.3 Å². The summed E-state index contributed by atoms with van der Waals surface area (Å²) in [4.78, 5) is 12.3. The molecule has 1 fully saturated rings. The Morgan fingerprint density at radius 2 is 2.11 bits per heavy atom. The summed E-state index contributed by atoms with van der Waals surface area (Å²) >= 11 is 0. The molecule has 1 amide bonds. The van der Waals surface area contributed by atoms with Crippen LogP contribution < -0.4 is 10.6 Å². The molecule has 2 rings (SSSR count). The lowest BCUT2D eigenvalue weighted by molar-refractivity contribution is 0.0946. The van der Waals surface area contributed by atoms with Crippen molar-refractivity contribution in [2.24, 2.45) is 5.92 Å². The maximum atomic E-state index is 12.3. The van der Waals surface area contributed by atoms with Crippen molar-refractivity contribution in [1.82, 2.24) is 10.6 Å².